The number of hydrogen-bond acceptors (Lipinski definition) is 6. The van der Waals surface area contributed by atoms with E-state index in [1.165, 1.54) is 10.9 Å². The molecule has 0 bridgehead atoms. The van der Waals surface area contributed by atoms with Gasteiger partial charge in [0.05, 0.1) is 29.7 Å². The third kappa shape index (κ3) is 3.45. The van der Waals surface area contributed by atoms with Crippen molar-refractivity contribution in [1.29, 1.82) is 0 Å². The minimum atomic E-state index is -0.334. The number of carbonyl (C=O) groups is 1. The number of carbonyl (C=O) groups excluding carboxylic acids is 1. The molecule has 4 aromatic rings. The van der Waals surface area contributed by atoms with Crippen molar-refractivity contribution in [2.45, 2.75) is 32.7 Å². The van der Waals surface area contributed by atoms with Crippen LogP contribution in [0.5, 0.6) is 0 Å². The molecule has 3 heterocycles. The van der Waals surface area contributed by atoms with Crippen LogP contribution >= 0.6 is 0 Å². The van der Waals surface area contributed by atoms with Crippen molar-refractivity contribution in [3.8, 4) is 17.1 Å². The Balaban J connectivity index is 1.48. The summed E-state index contributed by atoms with van der Waals surface area (Å²) in [7, 11) is 0. The molecule has 0 aliphatic carbocycles. The zero-order valence-corrected chi connectivity index (χ0v) is 17.7. The first-order chi connectivity index (χ1) is 15.5. The second-order valence-electron chi connectivity index (χ2n) is 7.87. The third-order valence-corrected chi connectivity index (χ3v) is 5.77. The van der Waals surface area contributed by atoms with Crippen molar-refractivity contribution >= 4 is 5.91 Å². The number of nitrogens with zero attached hydrogens (tertiary/aromatic N) is 6. The molecule has 1 aliphatic rings. The van der Waals surface area contributed by atoms with Crippen molar-refractivity contribution in [3.63, 3.8) is 0 Å². The van der Waals surface area contributed by atoms with Crippen LogP contribution in [0.3, 0.4) is 0 Å². The van der Waals surface area contributed by atoms with E-state index in [2.05, 4.69) is 20.3 Å². The molecule has 1 aliphatic heterocycles. The van der Waals surface area contributed by atoms with Gasteiger partial charge in [-0.25, -0.2) is 4.39 Å². The van der Waals surface area contributed by atoms with Gasteiger partial charge in [0.2, 0.25) is 0 Å². The minimum Gasteiger partial charge on any atom is -0.334 e. The Morgan fingerprint density at radius 3 is 2.78 bits per heavy atom. The van der Waals surface area contributed by atoms with Crippen LogP contribution in [0.15, 0.2) is 53.3 Å². The lowest BCUT2D eigenvalue weighted by molar-refractivity contribution is 0.0728. The van der Waals surface area contributed by atoms with Gasteiger partial charge in [-0.1, -0.05) is 22.9 Å². The largest absolute Gasteiger partial charge is 0.334 e. The zero-order valence-electron chi connectivity index (χ0n) is 17.7. The number of rotatable bonds is 4. The summed E-state index contributed by atoms with van der Waals surface area (Å²) in [5.74, 6) is 0.185. The summed E-state index contributed by atoms with van der Waals surface area (Å²) in [6.45, 7) is 4.18. The van der Waals surface area contributed by atoms with Gasteiger partial charge in [0.25, 0.3) is 11.8 Å². The van der Waals surface area contributed by atoms with Gasteiger partial charge < -0.3 is 9.42 Å². The molecule has 9 heteroatoms. The van der Waals surface area contributed by atoms with Crippen molar-refractivity contribution < 1.29 is 13.7 Å². The maximum Gasteiger partial charge on any atom is 0.258 e. The quantitative estimate of drug-likeness (QED) is 0.483. The molecule has 0 saturated carbocycles. The Morgan fingerprint density at radius 1 is 1.16 bits per heavy atom. The Bertz CT molecular complexity index is 1280. The monoisotopic (exact) mass is 432 g/mol. The number of likely N-dealkylation sites (tertiary alicyclic amines) is 1. The first-order valence-corrected chi connectivity index (χ1v) is 10.4. The lowest BCUT2D eigenvalue weighted by Gasteiger charge is -2.23. The van der Waals surface area contributed by atoms with Crippen LogP contribution in [-0.4, -0.2) is 42.5 Å². The lowest BCUT2D eigenvalue weighted by atomic mass is 10.1. The molecule has 1 atom stereocenters. The number of benzene rings is 2. The van der Waals surface area contributed by atoms with Gasteiger partial charge in [-0.15, -0.1) is 0 Å². The van der Waals surface area contributed by atoms with Gasteiger partial charge >= 0.3 is 0 Å². The predicted octanol–water partition coefficient (Wildman–Crippen LogP) is 4.05. The highest BCUT2D eigenvalue weighted by molar-refractivity contribution is 5.98. The molecule has 2 aromatic heterocycles. The van der Waals surface area contributed by atoms with Crippen molar-refractivity contribution in [2.24, 2.45) is 0 Å². The van der Waals surface area contributed by atoms with E-state index in [0.29, 0.717) is 41.2 Å². The van der Waals surface area contributed by atoms with Crippen LogP contribution in [0.25, 0.3) is 17.1 Å². The van der Waals surface area contributed by atoms with E-state index in [1.54, 1.807) is 36.4 Å². The predicted molar refractivity (Wildman–Crippen MR) is 114 cm³/mol. The Morgan fingerprint density at radius 2 is 1.97 bits per heavy atom. The van der Waals surface area contributed by atoms with E-state index in [4.69, 9.17) is 4.52 Å². The van der Waals surface area contributed by atoms with Gasteiger partial charge in [0.15, 0.2) is 5.82 Å². The molecular weight excluding hydrogens is 411 g/mol. The summed E-state index contributed by atoms with van der Waals surface area (Å²) < 4.78 is 19.4. The first-order valence-electron chi connectivity index (χ1n) is 10.4. The highest BCUT2D eigenvalue weighted by Gasteiger charge is 2.35. The summed E-state index contributed by atoms with van der Waals surface area (Å²) >= 11 is 0. The molecule has 1 fully saturated rings. The maximum absolute atomic E-state index is 14.0. The van der Waals surface area contributed by atoms with Crippen LogP contribution in [0.2, 0.25) is 0 Å². The van der Waals surface area contributed by atoms with E-state index in [1.807, 2.05) is 25.1 Å². The fourth-order valence-corrected chi connectivity index (χ4v) is 4.09. The van der Waals surface area contributed by atoms with Gasteiger partial charge in [-0.2, -0.15) is 20.0 Å². The van der Waals surface area contributed by atoms with Crippen LogP contribution in [0.4, 0.5) is 4.39 Å². The molecule has 8 nitrogen and oxygen atoms in total. The van der Waals surface area contributed by atoms with Crippen LogP contribution in [0.1, 0.15) is 46.2 Å². The van der Waals surface area contributed by atoms with Crippen LogP contribution in [-0.2, 0) is 0 Å². The van der Waals surface area contributed by atoms with Gasteiger partial charge in [0.1, 0.15) is 5.82 Å². The molecule has 0 radical (unpaired) electrons. The Labute approximate surface area is 183 Å². The summed E-state index contributed by atoms with van der Waals surface area (Å²) in [5.41, 5.74) is 3.07. The van der Waals surface area contributed by atoms with E-state index in [0.717, 1.165) is 12.0 Å². The lowest BCUT2D eigenvalue weighted by Crippen LogP contribution is -2.32. The standard InChI is InChI=1S/C23H21FN6O2/c1-14-8-9-19(30-25-10-11-26-30)17(13-14)23(31)29-12-4-7-20(29)21-27-22(32-28-21)16-5-3-6-18(24)15(16)2/h3,5-6,8-11,13,20H,4,7,12H2,1-2H3. The van der Waals surface area contributed by atoms with Crippen molar-refractivity contribution in [3.05, 3.63) is 77.1 Å². The molecule has 5 rings (SSSR count). The summed E-state index contributed by atoms with van der Waals surface area (Å²) in [4.78, 5) is 21.3. The van der Waals surface area contributed by atoms with Crippen LogP contribution in [0, 0.1) is 19.7 Å². The normalized spacial score (nSPS) is 16.0. The van der Waals surface area contributed by atoms with E-state index in [-0.39, 0.29) is 23.7 Å². The molecular formula is C23H21FN6O2. The fraction of sp³-hybridized carbons (Fsp3) is 0.261. The second kappa shape index (κ2) is 7.99. The Kier molecular flexibility index (Phi) is 5.01. The highest BCUT2D eigenvalue weighted by atomic mass is 19.1. The number of aromatic nitrogens is 5. The summed E-state index contributed by atoms with van der Waals surface area (Å²) in [6, 6.07) is 10.0. The highest BCUT2D eigenvalue weighted by Crippen LogP contribution is 2.34. The molecule has 1 saturated heterocycles. The van der Waals surface area contributed by atoms with E-state index < -0.39 is 0 Å². The number of hydrogen-bond donors (Lipinski definition) is 0. The number of amides is 1. The smallest absolute Gasteiger partial charge is 0.258 e. The molecule has 2 aromatic carbocycles. The number of aryl methyl sites for hydroxylation is 1. The van der Waals surface area contributed by atoms with Crippen molar-refractivity contribution in [1.82, 2.24) is 30.0 Å². The summed E-state index contributed by atoms with van der Waals surface area (Å²) in [5, 5.41) is 12.5. The molecule has 0 spiro atoms. The third-order valence-electron chi connectivity index (χ3n) is 5.77. The second-order valence-corrected chi connectivity index (χ2v) is 7.87. The fourth-order valence-electron chi connectivity index (χ4n) is 4.09. The van der Waals surface area contributed by atoms with Crippen LogP contribution < -0.4 is 0 Å². The molecule has 1 unspecified atom stereocenters. The number of halogens is 1. The molecule has 162 valence electrons. The molecule has 32 heavy (non-hydrogen) atoms. The van der Waals surface area contributed by atoms with Crippen molar-refractivity contribution in [2.75, 3.05) is 6.54 Å². The SMILES string of the molecule is Cc1ccc(-n2nccn2)c(C(=O)N2CCCC2c2noc(-c3cccc(F)c3C)n2)c1. The summed E-state index contributed by atoms with van der Waals surface area (Å²) in [6.07, 6.45) is 4.68. The topological polar surface area (TPSA) is 89.9 Å². The molecule has 0 N–H and O–H groups in total. The maximum atomic E-state index is 14.0. The molecule has 1 amide bonds. The average molecular weight is 432 g/mol. The zero-order chi connectivity index (χ0) is 22.2. The minimum absolute atomic E-state index is 0.142. The van der Waals surface area contributed by atoms with Gasteiger partial charge in [0, 0.05) is 12.1 Å². The first kappa shape index (κ1) is 20.0. The Hall–Kier alpha value is -3.88. The van der Waals surface area contributed by atoms with Gasteiger partial charge in [-0.3, -0.25) is 4.79 Å². The van der Waals surface area contributed by atoms with E-state index >= 15 is 0 Å². The van der Waals surface area contributed by atoms with E-state index in [9.17, 15) is 9.18 Å². The average Bonchev–Trinajstić information content (AvgIpc) is 3.56. The van der Waals surface area contributed by atoms with Gasteiger partial charge in [-0.05, 0) is 56.5 Å².